The molecule has 0 spiro atoms. The topological polar surface area (TPSA) is 122 Å². The maximum Gasteiger partial charge on any atom is 0.294 e. The van der Waals surface area contributed by atoms with E-state index in [0.717, 1.165) is 12.8 Å². The fraction of sp³-hybridized carbons (Fsp3) is 0.462. The number of nitro benzene ring substituents is 1. The summed E-state index contributed by atoms with van der Waals surface area (Å²) in [5.74, 6) is 4.91. The molecule has 1 aromatic carbocycles. The summed E-state index contributed by atoms with van der Waals surface area (Å²) in [4.78, 5) is 24.0. The predicted octanol–water partition coefficient (Wildman–Crippen LogP) is 1.12. The van der Waals surface area contributed by atoms with Crippen molar-refractivity contribution in [3.05, 3.63) is 33.9 Å². The number of hydrogen-bond donors (Lipinski definition) is 3. The van der Waals surface area contributed by atoms with Gasteiger partial charge in [-0.25, -0.2) is 0 Å². The highest BCUT2D eigenvalue weighted by Crippen LogP contribution is 2.25. The molecule has 0 aliphatic rings. The number of amides is 1. The first-order chi connectivity index (χ1) is 10.0. The third kappa shape index (κ3) is 4.69. The number of nitro groups is 1. The molecule has 116 valence electrons. The van der Waals surface area contributed by atoms with E-state index in [1.54, 1.807) is 7.05 Å². The lowest BCUT2D eigenvalue weighted by Gasteiger charge is -2.17. The van der Waals surface area contributed by atoms with Crippen molar-refractivity contribution in [2.75, 3.05) is 25.6 Å². The minimum absolute atomic E-state index is 0.136. The number of carbonyl (C=O) groups is 1. The Morgan fingerprint density at radius 3 is 2.71 bits per heavy atom. The number of benzene rings is 1. The Labute approximate surface area is 122 Å². The molecule has 0 fully saturated rings. The summed E-state index contributed by atoms with van der Waals surface area (Å²) in [7, 11) is 1.64. The van der Waals surface area contributed by atoms with Crippen molar-refractivity contribution in [1.29, 1.82) is 0 Å². The molecule has 0 saturated heterocycles. The molecular weight excluding hydrogens is 276 g/mol. The van der Waals surface area contributed by atoms with Gasteiger partial charge in [-0.3, -0.25) is 20.8 Å². The number of hydrogen-bond acceptors (Lipinski definition) is 6. The number of carbonyl (C=O) groups excluding carboxylic acids is 1. The third-order valence-electron chi connectivity index (χ3n) is 3.10. The Kier molecular flexibility index (Phi) is 6.57. The van der Waals surface area contributed by atoms with Crippen LogP contribution in [-0.4, -0.2) is 41.0 Å². The van der Waals surface area contributed by atoms with Crippen LogP contribution in [0.2, 0.25) is 0 Å². The number of nitrogens with one attached hydrogen (secondary N) is 1. The van der Waals surface area contributed by atoms with Crippen molar-refractivity contribution in [3.8, 4) is 0 Å². The van der Waals surface area contributed by atoms with Crippen molar-refractivity contribution < 1.29 is 14.8 Å². The predicted molar refractivity (Wildman–Crippen MR) is 78.8 cm³/mol. The zero-order valence-corrected chi connectivity index (χ0v) is 11.9. The molecule has 21 heavy (non-hydrogen) atoms. The maximum absolute atomic E-state index is 12.2. The Bertz CT molecular complexity index is 507. The van der Waals surface area contributed by atoms with E-state index >= 15 is 0 Å². The molecule has 1 rings (SSSR count). The van der Waals surface area contributed by atoms with Crippen LogP contribution in [0.15, 0.2) is 18.2 Å². The molecule has 0 unspecified atom stereocenters. The molecule has 0 aromatic heterocycles. The fourth-order valence-electron chi connectivity index (χ4n) is 1.90. The highest BCUT2D eigenvalue weighted by Gasteiger charge is 2.18. The third-order valence-corrected chi connectivity index (χ3v) is 3.10. The van der Waals surface area contributed by atoms with Crippen molar-refractivity contribution in [3.63, 3.8) is 0 Å². The number of rotatable bonds is 8. The van der Waals surface area contributed by atoms with E-state index < -0.39 is 4.92 Å². The molecule has 4 N–H and O–H groups in total. The molecule has 0 bridgehead atoms. The molecular formula is C13H20N4O4. The number of anilines is 1. The highest BCUT2D eigenvalue weighted by atomic mass is 16.6. The van der Waals surface area contributed by atoms with E-state index in [4.69, 9.17) is 10.9 Å². The van der Waals surface area contributed by atoms with Gasteiger partial charge in [0.25, 0.3) is 11.6 Å². The first-order valence-corrected chi connectivity index (χ1v) is 6.62. The van der Waals surface area contributed by atoms with Gasteiger partial charge in [0.15, 0.2) is 0 Å². The molecule has 0 aliphatic heterocycles. The van der Waals surface area contributed by atoms with Gasteiger partial charge < -0.3 is 15.4 Å². The molecule has 8 heteroatoms. The van der Waals surface area contributed by atoms with Gasteiger partial charge in [0.05, 0.1) is 4.92 Å². The zero-order chi connectivity index (χ0) is 15.8. The van der Waals surface area contributed by atoms with Gasteiger partial charge >= 0.3 is 0 Å². The van der Waals surface area contributed by atoms with Gasteiger partial charge in [0.1, 0.15) is 5.69 Å². The van der Waals surface area contributed by atoms with Gasteiger partial charge in [0.2, 0.25) is 0 Å². The molecule has 0 saturated carbocycles. The first-order valence-electron chi connectivity index (χ1n) is 6.62. The summed E-state index contributed by atoms with van der Waals surface area (Å²) in [6.07, 6.45) is 2.29. The van der Waals surface area contributed by atoms with Crippen molar-refractivity contribution in [1.82, 2.24) is 4.90 Å². The quantitative estimate of drug-likeness (QED) is 0.286. The minimum atomic E-state index is -0.590. The minimum Gasteiger partial charge on any atom is -0.396 e. The largest absolute Gasteiger partial charge is 0.396 e. The van der Waals surface area contributed by atoms with Crippen LogP contribution >= 0.6 is 0 Å². The van der Waals surface area contributed by atoms with E-state index in [9.17, 15) is 14.9 Å². The lowest BCUT2D eigenvalue weighted by atomic mass is 10.1. The fourth-order valence-corrected chi connectivity index (χ4v) is 1.90. The molecule has 0 radical (unpaired) electrons. The van der Waals surface area contributed by atoms with E-state index in [-0.39, 0.29) is 29.5 Å². The Hall–Kier alpha value is -2.19. The Morgan fingerprint density at radius 2 is 2.14 bits per heavy atom. The monoisotopic (exact) mass is 296 g/mol. The standard InChI is InChI=1S/C13H20N4O4/c1-16(7-3-2-4-8-18)13(19)10-5-6-11(15-14)12(9-10)17(20)21/h5-6,9,15,18H,2-4,7-8,14H2,1H3. The van der Waals surface area contributed by atoms with Crippen LogP contribution in [-0.2, 0) is 0 Å². The number of aliphatic hydroxyl groups is 1. The SMILES string of the molecule is CN(CCCCCO)C(=O)c1ccc(NN)c([N+](=O)[O-])c1. The van der Waals surface area contributed by atoms with E-state index in [1.165, 1.54) is 23.1 Å². The van der Waals surface area contributed by atoms with Crippen molar-refractivity contribution in [2.24, 2.45) is 5.84 Å². The molecule has 0 atom stereocenters. The summed E-state index contributed by atoms with van der Waals surface area (Å²) >= 11 is 0. The van der Waals surface area contributed by atoms with Crippen LogP contribution in [0.25, 0.3) is 0 Å². The van der Waals surface area contributed by atoms with Gasteiger partial charge in [-0.05, 0) is 31.4 Å². The first kappa shape index (κ1) is 16.9. The summed E-state index contributed by atoms with van der Waals surface area (Å²) in [6.45, 7) is 0.668. The van der Waals surface area contributed by atoms with E-state index in [2.05, 4.69) is 5.43 Å². The van der Waals surface area contributed by atoms with Gasteiger partial charge in [-0.2, -0.15) is 0 Å². The van der Waals surface area contributed by atoms with Crippen LogP contribution < -0.4 is 11.3 Å². The number of nitrogens with two attached hydrogens (primary N) is 1. The molecule has 1 aromatic rings. The average molecular weight is 296 g/mol. The molecule has 1 amide bonds. The van der Waals surface area contributed by atoms with Gasteiger partial charge in [-0.15, -0.1) is 0 Å². The molecule has 0 aliphatic carbocycles. The Balaban J connectivity index is 2.77. The van der Waals surface area contributed by atoms with E-state index in [0.29, 0.717) is 13.0 Å². The van der Waals surface area contributed by atoms with E-state index in [1.807, 2.05) is 0 Å². The van der Waals surface area contributed by atoms with Gasteiger partial charge in [0, 0.05) is 31.8 Å². The second-order valence-electron chi connectivity index (χ2n) is 4.64. The average Bonchev–Trinajstić information content (AvgIpc) is 2.49. The van der Waals surface area contributed by atoms with Crippen molar-refractivity contribution in [2.45, 2.75) is 19.3 Å². The molecule has 8 nitrogen and oxygen atoms in total. The zero-order valence-electron chi connectivity index (χ0n) is 11.9. The number of nitrogens with zero attached hydrogens (tertiary/aromatic N) is 2. The van der Waals surface area contributed by atoms with Crippen LogP contribution in [0.1, 0.15) is 29.6 Å². The van der Waals surface area contributed by atoms with Gasteiger partial charge in [-0.1, -0.05) is 0 Å². The smallest absolute Gasteiger partial charge is 0.294 e. The Morgan fingerprint density at radius 1 is 1.43 bits per heavy atom. The summed E-state index contributed by atoms with van der Waals surface area (Å²) < 4.78 is 0. The van der Waals surface area contributed by atoms with Crippen LogP contribution in [0.3, 0.4) is 0 Å². The van der Waals surface area contributed by atoms with Crippen LogP contribution in [0, 0.1) is 10.1 Å². The number of unbranched alkanes of at least 4 members (excludes halogenated alkanes) is 2. The number of hydrazine groups is 1. The summed E-state index contributed by atoms with van der Waals surface area (Å²) in [5, 5.41) is 19.6. The maximum atomic E-state index is 12.2. The lowest BCUT2D eigenvalue weighted by molar-refractivity contribution is -0.384. The van der Waals surface area contributed by atoms with Crippen LogP contribution in [0.5, 0.6) is 0 Å². The molecule has 0 heterocycles. The second kappa shape index (κ2) is 8.18. The lowest BCUT2D eigenvalue weighted by Crippen LogP contribution is -2.27. The second-order valence-corrected chi connectivity index (χ2v) is 4.64. The van der Waals surface area contributed by atoms with Crippen LogP contribution in [0.4, 0.5) is 11.4 Å². The summed E-state index contributed by atoms with van der Waals surface area (Å²) in [6, 6.07) is 4.11. The summed E-state index contributed by atoms with van der Waals surface area (Å²) in [5.41, 5.74) is 2.39. The highest BCUT2D eigenvalue weighted by molar-refractivity contribution is 5.95. The normalized spacial score (nSPS) is 10.2. The number of nitrogen functional groups attached to an aromatic ring is 1. The number of aliphatic hydroxyl groups excluding tert-OH is 1. The van der Waals surface area contributed by atoms with Crippen molar-refractivity contribution >= 4 is 17.3 Å².